The number of ether oxygens (including phenoxy) is 1. The number of rotatable bonds is 6. The fraction of sp³-hybridized carbons (Fsp3) is 0.300. The Kier molecular flexibility index (Phi) is 5.69. The van der Waals surface area contributed by atoms with Crippen molar-refractivity contribution in [3.05, 3.63) is 52.3 Å². The molecule has 0 aliphatic heterocycles. The van der Waals surface area contributed by atoms with E-state index in [0.717, 1.165) is 11.1 Å². The number of H-pyrrole nitrogens is 1. The molecule has 1 N–H and O–H groups in total. The van der Waals surface area contributed by atoms with Crippen LogP contribution < -0.4 is 0 Å². The lowest BCUT2D eigenvalue weighted by atomic mass is 10.1. The second-order valence-electron chi connectivity index (χ2n) is 6.43. The van der Waals surface area contributed by atoms with Crippen molar-refractivity contribution in [3.63, 3.8) is 0 Å². The Hall–Kier alpha value is -2.87. The van der Waals surface area contributed by atoms with E-state index in [0.29, 0.717) is 33.6 Å². The van der Waals surface area contributed by atoms with Gasteiger partial charge in [0.05, 0.1) is 23.6 Å². The molecule has 2 aromatic heterocycles. The molecule has 0 amide bonds. The fourth-order valence-electron chi connectivity index (χ4n) is 2.99. The van der Waals surface area contributed by atoms with Crippen LogP contribution in [-0.4, -0.2) is 39.3 Å². The molecule has 0 fully saturated rings. The minimum absolute atomic E-state index is 0.156. The number of hydrogen-bond donors (Lipinski definition) is 1. The summed E-state index contributed by atoms with van der Waals surface area (Å²) in [5.41, 5.74) is 3.84. The lowest BCUT2D eigenvalue weighted by Gasteiger charge is -2.07. The Balaban J connectivity index is 1.79. The Morgan fingerprint density at radius 3 is 2.57 bits per heavy atom. The van der Waals surface area contributed by atoms with Gasteiger partial charge in [0.1, 0.15) is 0 Å². The number of nitrogens with one attached hydrogen (secondary N) is 1. The van der Waals surface area contributed by atoms with Gasteiger partial charge in [-0.25, -0.2) is 4.79 Å². The third kappa shape index (κ3) is 3.73. The van der Waals surface area contributed by atoms with E-state index in [2.05, 4.69) is 15.2 Å². The maximum atomic E-state index is 12.9. The summed E-state index contributed by atoms with van der Waals surface area (Å²) >= 11 is 1.18. The molecule has 3 rings (SSSR count). The molecule has 7 nitrogen and oxygen atoms in total. The van der Waals surface area contributed by atoms with Crippen LogP contribution in [0.1, 0.15) is 44.6 Å². The van der Waals surface area contributed by atoms with Gasteiger partial charge in [-0.05, 0) is 44.9 Å². The normalized spacial score (nSPS) is 12.0. The van der Waals surface area contributed by atoms with Gasteiger partial charge in [-0.3, -0.25) is 4.79 Å². The molecule has 1 atom stereocenters. The fourth-order valence-corrected chi connectivity index (χ4v) is 3.73. The number of nitrogens with zero attached hydrogens (tertiary/aromatic N) is 2. The quantitative estimate of drug-likeness (QED) is 0.378. The van der Waals surface area contributed by atoms with Crippen molar-refractivity contribution in [3.8, 4) is 11.5 Å². The number of hydrogen-bond acceptors (Lipinski definition) is 7. The Labute approximate surface area is 166 Å². The Morgan fingerprint density at radius 2 is 1.89 bits per heavy atom. The maximum absolute atomic E-state index is 12.9. The number of aryl methyl sites for hydroxylation is 2. The molecule has 0 saturated carbocycles. The molecule has 0 saturated heterocycles. The average molecular weight is 399 g/mol. The number of esters is 1. The highest BCUT2D eigenvalue weighted by Crippen LogP contribution is 2.30. The molecule has 28 heavy (non-hydrogen) atoms. The van der Waals surface area contributed by atoms with Crippen LogP contribution in [0.5, 0.6) is 0 Å². The van der Waals surface area contributed by atoms with E-state index in [1.807, 2.05) is 31.2 Å². The highest BCUT2D eigenvalue weighted by Gasteiger charge is 2.27. The van der Waals surface area contributed by atoms with Crippen molar-refractivity contribution in [2.75, 3.05) is 7.11 Å². The van der Waals surface area contributed by atoms with Gasteiger partial charge in [-0.1, -0.05) is 30.0 Å². The summed E-state index contributed by atoms with van der Waals surface area (Å²) in [6.07, 6.45) is 0. The molecule has 1 aromatic carbocycles. The molecule has 8 heteroatoms. The number of thioether (sulfide) groups is 1. The zero-order chi connectivity index (χ0) is 20.4. The summed E-state index contributed by atoms with van der Waals surface area (Å²) < 4.78 is 10.5. The number of benzene rings is 1. The van der Waals surface area contributed by atoms with Crippen molar-refractivity contribution < 1.29 is 18.7 Å². The van der Waals surface area contributed by atoms with Gasteiger partial charge < -0.3 is 14.1 Å². The number of methoxy groups -OCH3 is 1. The lowest BCUT2D eigenvalue weighted by Crippen LogP contribution is -2.15. The molecule has 0 spiro atoms. The molecular weight excluding hydrogens is 378 g/mol. The lowest BCUT2D eigenvalue weighted by molar-refractivity contribution is 0.0599. The summed E-state index contributed by atoms with van der Waals surface area (Å²) in [5, 5.41) is 7.96. The van der Waals surface area contributed by atoms with E-state index < -0.39 is 11.2 Å². The van der Waals surface area contributed by atoms with Gasteiger partial charge in [0, 0.05) is 11.3 Å². The van der Waals surface area contributed by atoms with E-state index in [4.69, 9.17) is 9.15 Å². The number of aromatic amines is 1. The van der Waals surface area contributed by atoms with Crippen molar-refractivity contribution in [1.82, 2.24) is 15.2 Å². The minimum Gasteiger partial charge on any atom is -0.465 e. The zero-order valence-electron chi connectivity index (χ0n) is 16.3. The van der Waals surface area contributed by atoms with E-state index in [9.17, 15) is 9.59 Å². The van der Waals surface area contributed by atoms with Crippen molar-refractivity contribution in [1.29, 1.82) is 0 Å². The van der Waals surface area contributed by atoms with Gasteiger partial charge in [-0.2, -0.15) is 0 Å². The Morgan fingerprint density at radius 1 is 1.18 bits per heavy atom. The first-order valence-corrected chi connectivity index (χ1v) is 9.59. The highest BCUT2D eigenvalue weighted by molar-refractivity contribution is 8.00. The second kappa shape index (κ2) is 8.02. The highest BCUT2D eigenvalue weighted by atomic mass is 32.2. The summed E-state index contributed by atoms with van der Waals surface area (Å²) in [6, 6.07) is 7.72. The number of ketones is 1. The number of carbonyl (C=O) groups is 2. The summed E-state index contributed by atoms with van der Waals surface area (Å²) in [4.78, 5) is 27.8. The molecule has 2 heterocycles. The van der Waals surface area contributed by atoms with Gasteiger partial charge >= 0.3 is 5.97 Å². The summed E-state index contributed by atoms with van der Waals surface area (Å²) in [7, 11) is 1.32. The first kappa shape index (κ1) is 19.9. The average Bonchev–Trinajstić information content (AvgIpc) is 3.25. The van der Waals surface area contributed by atoms with Crippen LogP contribution in [0.3, 0.4) is 0 Å². The van der Waals surface area contributed by atoms with Crippen LogP contribution in [0.15, 0.2) is 33.9 Å². The van der Waals surface area contributed by atoms with E-state index in [1.165, 1.54) is 18.9 Å². The molecular formula is C20H21N3O4S. The predicted molar refractivity (Wildman–Crippen MR) is 106 cm³/mol. The number of carbonyl (C=O) groups excluding carboxylic acids is 2. The smallest absolute Gasteiger partial charge is 0.339 e. The third-order valence-corrected chi connectivity index (χ3v) is 5.44. The molecule has 146 valence electrons. The molecule has 0 bridgehead atoms. The molecule has 3 aromatic rings. The second-order valence-corrected chi connectivity index (χ2v) is 7.72. The SMILES string of the molecule is COC(=O)c1c(C)[nH]c(C(=O)[C@@H](C)Sc2nnc(-c3ccccc3C)o2)c1C. The van der Waals surface area contributed by atoms with Gasteiger partial charge in [0.15, 0.2) is 5.78 Å². The van der Waals surface area contributed by atoms with E-state index in [1.54, 1.807) is 20.8 Å². The first-order valence-electron chi connectivity index (χ1n) is 8.71. The third-order valence-electron chi connectivity index (χ3n) is 4.50. The first-order chi connectivity index (χ1) is 13.3. The van der Waals surface area contributed by atoms with Crippen molar-refractivity contribution >= 4 is 23.5 Å². The largest absolute Gasteiger partial charge is 0.465 e. The standard InChI is InChI=1S/C20H21N3O4S/c1-10-8-6-7-9-14(10)18-22-23-20(27-18)28-13(4)17(24)16-11(2)15(12(3)21-16)19(25)26-5/h6-9,13,21H,1-5H3/t13-/m1/s1. The van der Waals surface area contributed by atoms with Gasteiger partial charge in [-0.15, -0.1) is 10.2 Å². The predicted octanol–water partition coefficient (Wildman–Crippen LogP) is 4.14. The maximum Gasteiger partial charge on any atom is 0.339 e. The molecule has 0 aliphatic carbocycles. The number of aromatic nitrogens is 3. The van der Waals surface area contributed by atoms with Crippen molar-refractivity contribution in [2.24, 2.45) is 0 Å². The molecule has 0 radical (unpaired) electrons. The Bertz CT molecular complexity index is 1040. The summed E-state index contributed by atoms with van der Waals surface area (Å²) in [5.74, 6) is -0.207. The van der Waals surface area contributed by atoms with E-state index in [-0.39, 0.29) is 5.78 Å². The van der Waals surface area contributed by atoms with Crippen LogP contribution in [0.2, 0.25) is 0 Å². The van der Waals surface area contributed by atoms with Gasteiger partial charge in [0.2, 0.25) is 5.89 Å². The van der Waals surface area contributed by atoms with Crippen LogP contribution in [0.25, 0.3) is 11.5 Å². The van der Waals surface area contributed by atoms with Gasteiger partial charge in [0.25, 0.3) is 5.22 Å². The molecule has 0 aliphatic rings. The van der Waals surface area contributed by atoms with Crippen LogP contribution >= 0.6 is 11.8 Å². The van der Waals surface area contributed by atoms with Crippen LogP contribution in [-0.2, 0) is 4.74 Å². The molecule has 0 unspecified atom stereocenters. The minimum atomic E-state index is -0.479. The monoisotopic (exact) mass is 399 g/mol. The topological polar surface area (TPSA) is 98.1 Å². The van der Waals surface area contributed by atoms with E-state index >= 15 is 0 Å². The van der Waals surface area contributed by atoms with Crippen molar-refractivity contribution in [2.45, 2.75) is 38.2 Å². The van der Waals surface area contributed by atoms with Crippen LogP contribution in [0.4, 0.5) is 0 Å². The zero-order valence-corrected chi connectivity index (χ0v) is 17.1. The van der Waals surface area contributed by atoms with Crippen LogP contribution in [0, 0.1) is 20.8 Å². The summed E-state index contributed by atoms with van der Waals surface area (Å²) in [6.45, 7) is 7.19. The number of Topliss-reactive ketones (excluding diaryl/α,β-unsaturated/α-hetero) is 1.